The van der Waals surface area contributed by atoms with Crippen LogP contribution in [0.2, 0.25) is 0 Å². The Morgan fingerprint density at radius 3 is 2.27 bits per heavy atom. The third-order valence-corrected chi connectivity index (χ3v) is 4.41. The lowest BCUT2D eigenvalue weighted by Gasteiger charge is -2.11. The summed E-state index contributed by atoms with van der Waals surface area (Å²) in [4.78, 5) is 12.6. The summed E-state index contributed by atoms with van der Waals surface area (Å²) in [5.74, 6) is 0.327. The molecule has 0 spiro atoms. The topological polar surface area (TPSA) is 26.3 Å². The van der Waals surface area contributed by atoms with Crippen molar-refractivity contribution >= 4 is 16.7 Å². The van der Waals surface area contributed by atoms with Crippen molar-refractivity contribution in [3.8, 4) is 16.9 Å². The maximum Gasteiger partial charge on any atom is 0.315 e. The molecule has 0 unspecified atom stereocenters. The summed E-state index contributed by atoms with van der Waals surface area (Å²) in [7, 11) is 0. The van der Waals surface area contributed by atoms with Gasteiger partial charge in [-0.2, -0.15) is 0 Å². The third kappa shape index (κ3) is 3.35. The molecule has 2 heteroatoms. The van der Waals surface area contributed by atoms with Crippen LogP contribution in [0.15, 0.2) is 97.1 Å². The number of esters is 1. The highest BCUT2D eigenvalue weighted by molar-refractivity contribution is 5.89. The second-order valence-corrected chi connectivity index (χ2v) is 6.15. The van der Waals surface area contributed by atoms with Crippen LogP contribution >= 0.6 is 0 Å². The van der Waals surface area contributed by atoms with E-state index in [1.165, 1.54) is 0 Å². The van der Waals surface area contributed by atoms with Gasteiger partial charge in [-0.05, 0) is 28.0 Å². The fourth-order valence-electron chi connectivity index (χ4n) is 3.17. The van der Waals surface area contributed by atoms with E-state index in [1.54, 1.807) is 0 Å². The number of carbonyl (C=O) groups excluding carboxylic acids is 1. The Labute approximate surface area is 152 Å². The third-order valence-electron chi connectivity index (χ3n) is 4.41. The summed E-state index contributed by atoms with van der Waals surface area (Å²) < 4.78 is 5.71. The van der Waals surface area contributed by atoms with E-state index >= 15 is 0 Å². The van der Waals surface area contributed by atoms with Gasteiger partial charge in [0.15, 0.2) is 0 Å². The Balaban J connectivity index is 1.60. The molecule has 0 N–H and O–H groups in total. The maximum absolute atomic E-state index is 12.6. The number of fused-ring (bicyclic) bond motifs is 1. The van der Waals surface area contributed by atoms with E-state index in [4.69, 9.17) is 4.74 Å². The van der Waals surface area contributed by atoms with Crippen LogP contribution in [0, 0.1) is 0 Å². The van der Waals surface area contributed by atoms with Gasteiger partial charge in [0.05, 0.1) is 6.42 Å². The number of ether oxygens (including phenoxy) is 1. The lowest BCUT2D eigenvalue weighted by atomic mass is 10.0. The number of hydrogen-bond donors (Lipinski definition) is 0. The van der Waals surface area contributed by atoms with Crippen molar-refractivity contribution in [1.29, 1.82) is 0 Å². The van der Waals surface area contributed by atoms with E-state index in [2.05, 4.69) is 12.1 Å². The summed E-state index contributed by atoms with van der Waals surface area (Å²) in [5, 5.41) is 2.21. The quantitative estimate of drug-likeness (QED) is 0.355. The lowest BCUT2D eigenvalue weighted by Crippen LogP contribution is -2.12. The van der Waals surface area contributed by atoms with Gasteiger partial charge in [0.1, 0.15) is 5.75 Å². The molecule has 0 amide bonds. The summed E-state index contributed by atoms with van der Waals surface area (Å²) >= 11 is 0. The van der Waals surface area contributed by atoms with Gasteiger partial charge < -0.3 is 4.74 Å². The van der Waals surface area contributed by atoms with Gasteiger partial charge in [0, 0.05) is 5.56 Å². The van der Waals surface area contributed by atoms with Gasteiger partial charge in [0.2, 0.25) is 0 Å². The van der Waals surface area contributed by atoms with E-state index in [9.17, 15) is 4.79 Å². The molecule has 0 atom stereocenters. The van der Waals surface area contributed by atoms with Crippen molar-refractivity contribution in [2.45, 2.75) is 6.42 Å². The Hall–Kier alpha value is -3.39. The molecule has 0 saturated heterocycles. The molecule has 2 nitrogen and oxygen atoms in total. The molecule has 0 aliphatic heterocycles. The largest absolute Gasteiger partial charge is 0.426 e. The van der Waals surface area contributed by atoms with Crippen molar-refractivity contribution in [3.05, 3.63) is 103 Å². The fraction of sp³-hybridized carbons (Fsp3) is 0.0417. The van der Waals surface area contributed by atoms with Crippen molar-refractivity contribution < 1.29 is 9.53 Å². The zero-order valence-corrected chi connectivity index (χ0v) is 14.3. The number of benzene rings is 4. The zero-order chi connectivity index (χ0) is 17.8. The fourth-order valence-corrected chi connectivity index (χ4v) is 3.17. The first kappa shape index (κ1) is 16.1. The number of rotatable bonds is 4. The second-order valence-electron chi connectivity index (χ2n) is 6.15. The van der Waals surface area contributed by atoms with Crippen LogP contribution in [0.25, 0.3) is 21.9 Å². The van der Waals surface area contributed by atoms with Crippen LogP contribution < -0.4 is 4.74 Å². The molecule has 4 rings (SSSR count). The van der Waals surface area contributed by atoms with Crippen molar-refractivity contribution in [1.82, 2.24) is 0 Å². The zero-order valence-electron chi connectivity index (χ0n) is 14.3. The van der Waals surface area contributed by atoms with E-state index in [0.717, 1.165) is 27.5 Å². The average molecular weight is 338 g/mol. The predicted octanol–water partition coefficient (Wildman–Crippen LogP) is 5.65. The van der Waals surface area contributed by atoms with Gasteiger partial charge in [-0.25, -0.2) is 0 Å². The van der Waals surface area contributed by atoms with Crippen LogP contribution in [-0.2, 0) is 11.2 Å². The Morgan fingerprint density at radius 1 is 0.692 bits per heavy atom. The minimum absolute atomic E-state index is 0.241. The highest BCUT2D eigenvalue weighted by Gasteiger charge is 2.12. The minimum atomic E-state index is -0.260. The lowest BCUT2D eigenvalue weighted by molar-refractivity contribution is -0.133. The molecule has 0 fully saturated rings. The standard InChI is InChI=1S/C24H18O2/c25-24(17-20-13-8-12-18-11-4-5-14-21(18)20)26-23-16-7-6-15-22(23)19-9-2-1-3-10-19/h1-16H,17H2. The predicted molar refractivity (Wildman–Crippen MR) is 105 cm³/mol. The number of para-hydroxylation sites is 1. The molecular weight excluding hydrogens is 320 g/mol. The Kier molecular flexibility index (Phi) is 4.48. The molecule has 0 heterocycles. The van der Waals surface area contributed by atoms with Gasteiger partial charge in [0.25, 0.3) is 0 Å². The summed E-state index contributed by atoms with van der Waals surface area (Å²) in [6.07, 6.45) is 0.241. The van der Waals surface area contributed by atoms with E-state index in [-0.39, 0.29) is 12.4 Å². The van der Waals surface area contributed by atoms with Crippen LogP contribution in [0.3, 0.4) is 0 Å². The SMILES string of the molecule is O=C(Cc1cccc2ccccc12)Oc1ccccc1-c1ccccc1. The monoisotopic (exact) mass is 338 g/mol. The Morgan fingerprint density at radius 2 is 1.38 bits per heavy atom. The molecule has 0 saturated carbocycles. The first-order valence-corrected chi connectivity index (χ1v) is 8.63. The van der Waals surface area contributed by atoms with Crippen LogP contribution in [0.4, 0.5) is 0 Å². The molecule has 4 aromatic carbocycles. The second kappa shape index (κ2) is 7.24. The van der Waals surface area contributed by atoms with Crippen molar-refractivity contribution in [3.63, 3.8) is 0 Å². The van der Waals surface area contributed by atoms with Gasteiger partial charge >= 0.3 is 5.97 Å². The van der Waals surface area contributed by atoms with Crippen LogP contribution in [0.1, 0.15) is 5.56 Å². The first-order valence-electron chi connectivity index (χ1n) is 8.63. The number of hydrogen-bond acceptors (Lipinski definition) is 2. The molecule has 26 heavy (non-hydrogen) atoms. The number of carbonyl (C=O) groups is 1. The first-order chi connectivity index (χ1) is 12.8. The summed E-state index contributed by atoms with van der Waals surface area (Å²) in [6, 6.07) is 31.7. The van der Waals surface area contributed by atoms with Gasteiger partial charge in [-0.3, -0.25) is 4.79 Å². The summed E-state index contributed by atoms with van der Waals surface area (Å²) in [6.45, 7) is 0. The highest BCUT2D eigenvalue weighted by atomic mass is 16.5. The Bertz CT molecular complexity index is 1050. The van der Waals surface area contributed by atoms with E-state index < -0.39 is 0 Å². The van der Waals surface area contributed by atoms with E-state index in [0.29, 0.717) is 5.75 Å². The van der Waals surface area contributed by atoms with Crippen LogP contribution in [0.5, 0.6) is 5.75 Å². The molecular formula is C24H18O2. The molecule has 0 aromatic heterocycles. The molecule has 0 aliphatic rings. The normalized spacial score (nSPS) is 10.6. The molecule has 4 aromatic rings. The smallest absolute Gasteiger partial charge is 0.315 e. The summed E-state index contributed by atoms with van der Waals surface area (Å²) in [5.41, 5.74) is 2.92. The molecule has 126 valence electrons. The minimum Gasteiger partial charge on any atom is -0.426 e. The molecule has 0 bridgehead atoms. The van der Waals surface area contributed by atoms with Crippen molar-refractivity contribution in [2.75, 3.05) is 0 Å². The van der Waals surface area contributed by atoms with E-state index in [1.807, 2.05) is 84.9 Å². The van der Waals surface area contributed by atoms with Crippen LogP contribution in [-0.4, -0.2) is 5.97 Å². The molecule has 0 aliphatic carbocycles. The maximum atomic E-state index is 12.6. The van der Waals surface area contributed by atoms with Gasteiger partial charge in [-0.1, -0.05) is 91.0 Å². The molecule has 0 radical (unpaired) electrons. The average Bonchev–Trinajstić information content (AvgIpc) is 2.69. The van der Waals surface area contributed by atoms with Gasteiger partial charge in [-0.15, -0.1) is 0 Å². The van der Waals surface area contributed by atoms with Crippen molar-refractivity contribution in [2.24, 2.45) is 0 Å². The highest BCUT2D eigenvalue weighted by Crippen LogP contribution is 2.30.